The van der Waals surface area contributed by atoms with Crippen LogP contribution in [-0.4, -0.2) is 49.6 Å². The molecule has 23 heavy (non-hydrogen) atoms. The predicted octanol–water partition coefficient (Wildman–Crippen LogP) is 1.15. The van der Waals surface area contributed by atoms with Gasteiger partial charge in [-0.3, -0.25) is 9.59 Å². The van der Waals surface area contributed by atoms with Crippen LogP contribution in [0.3, 0.4) is 0 Å². The number of hydrogen-bond donors (Lipinski definition) is 2. The molecular weight excluding hydrogens is 294 g/mol. The molecule has 1 fully saturated rings. The van der Waals surface area contributed by atoms with Gasteiger partial charge in [0.05, 0.1) is 6.61 Å². The van der Waals surface area contributed by atoms with E-state index in [-0.39, 0.29) is 18.4 Å². The molecule has 1 saturated heterocycles. The van der Waals surface area contributed by atoms with Crippen LogP contribution >= 0.6 is 0 Å². The van der Waals surface area contributed by atoms with Crippen LogP contribution in [0, 0.1) is 0 Å². The summed E-state index contributed by atoms with van der Waals surface area (Å²) in [4.78, 5) is 25.7. The number of methoxy groups -OCH3 is 1. The summed E-state index contributed by atoms with van der Waals surface area (Å²) < 4.78 is 4.86. The molecule has 2 amide bonds. The molecule has 6 heteroatoms. The third kappa shape index (κ3) is 5.33. The van der Waals surface area contributed by atoms with Crippen LogP contribution in [0.15, 0.2) is 24.3 Å². The second kappa shape index (κ2) is 8.64. The Morgan fingerprint density at radius 3 is 2.52 bits per heavy atom. The molecule has 1 aromatic carbocycles. The van der Waals surface area contributed by atoms with Crippen LogP contribution in [0.25, 0.3) is 0 Å². The summed E-state index contributed by atoms with van der Waals surface area (Å²) in [5.41, 5.74) is 7.44. The normalized spacial score (nSPS) is 15.5. The van der Waals surface area contributed by atoms with Gasteiger partial charge in [0, 0.05) is 32.3 Å². The molecule has 0 radical (unpaired) electrons. The SMILES string of the molecule is COCC(N)C(=O)Nc1ccc(CCC(=O)N2CCCC2)cc1. The summed E-state index contributed by atoms with van der Waals surface area (Å²) in [6, 6.07) is 6.82. The van der Waals surface area contributed by atoms with Gasteiger partial charge in [-0.2, -0.15) is 0 Å². The summed E-state index contributed by atoms with van der Waals surface area (Å²) >= 11 is 0. The number of rotatable bonds is 7. The molecule has 0 aromatic heterocycles. The van der Waals surface area contributed by atoms with E-state index in [1.807, 2.05) is 29.2 Å². The lowest BCUT2D eigenvalue weighted by molar-refractivity contribution is -0.130. The number of nitrogens with one attached hydrogen (secondary N) is 1. The van der Waals surface area contributed by atoms with Gasteiger partial charge in [0.25, 0.3) is 0 Å². The first-order valence-corrected chi connectivity index (χ1v) is 8.02. The van der Waals surface area contributed by atoms with E-state index >= 15 is 0 Å². The Bertz CT molecular complexity index is 524. The van der Waals surface area contributed by atoms with Gasteiger partial charge in [-0.1, -0.05) is 12.1 Å². The molecule has 3 N–H and O–H groups in total. The van der Waals surface area contributed by atoms with Gasteiger partial charge in [0.1, 0.15) is 6.04 Å². The fourth-order valence-corrected chi connectivity index (χ4v) is 2.62. The third-order valence-corrected chi connectivity index (χ3v) is 3.99. The molecule has 1 atom stereocenters. The topological polar surface area (TPSA) is 84.7 Å². The molecule has 1 aliphatic heterocycles. The Labute approximate surface area is 137 Å². The summed E-state index contributed by atoms with van der Waals surface area (Å²) in [6.45, 7) is 1.97. The molecule has 1 aromatic rings. The third-order valence-electron chi connectivity index (χ3n) is 3.99. The largest absolute Gasteiger partial charge is 0.383 e. The van der Waals surface area contributed by atoms with Crippen molar-refractivity contribution in [3.63, 3.8) is 0 Å². The molecular formula is C17H25N3O3. The lowest BCUT2D eigenvalue weighted by Crippen LogP contribution is -2.39. The van der Waals surface area contributed by atoms with Crippen LogP contribution in [0.2, 0.25) is 0 Å². The fourth-order valence-electron chi connectivity index (χ4n) is 2.62. The maximum absolute atomic E-state index is 12.0. The van der Waals surface area contributed by atoms with Crippen molar-refractivity contribution in [1.82, 2.24) is 4.90 Å². The first kappa shape index (κ1) is 17.4. The number of anilines is 1. The van der Waals surface area contributed by atoms with Crippen molar-refractivity contribution in [2.45, 2.75) is 31.7 Å². The summed E-state index contributed by atoms with van der Waals surface area (Å²) in [7, 11) is 1.51. The van der Waals surface area contributed by atoms with Gasteiger partial charge in [-0.25, -0.2) is 0 Å². The number of carbonyl (C=O) groups is 2. The van der Waals surface area contributed by atoms with Gasteiger partial charge < -0.3 is 20.7 Å². The Hall–Kier alpha value is -1.92. The van der Waals surface area contributed by atoms with E-state index in [0.717, 1.165) is 31.5 Å². The highest BCUT2D eigenvalue weighted by Crippen LogP contribution is 2.14. The number of ether oxygens (including phenoxy) is 1. The first-order chi connectivity index (χ1) is 11.1. The van der Waals surface area contributed by atoms with Crippen LogP contribution < -0.4 is 11.1 Å². The second-order valence-corrected chi connectivity index (χ2v) is 5.84. The average molecular weight is 319 g/mol. The highest BCUT2D eigenvalue weighted by molar-refractivity contribution is 5.94. The molecule has 126 valence electrons. The van der Waals surface area contributed by atoms with Crippen molar-refractivity contribution >= 4 is 17.5 Å². The molecule has 0 saturated carbocycles. The number of benzene rings is 1. The molecule has 0 spiro atoms. The van der Waals surface area contributed by atoms with E-state index in [1.165, 1.54) is 7.11 Å². The van der Waals surface area contributed by atoms with Crippen LogP contribution in [0.4, 0.5) is 5.69 Å². The first-order valence-electron chi connectivity index (χ1n) is 8.02. The van der Waals surface area contributed by atoms with Crippen molar-refractivity contribution in [2.24, 2.45) is 5.73 Å². The average Bonchev–Trinajstić information content (AvgIpc) is 3.08. The van der Waals surface area contributed by atoms with E-state index in [4.69, 9.17) is 10.5 Å². The van der Waals surface area contributed by atoms with E-state index in [0.29, 0.717) is 18.5 Å². The molecule has 1 heterocycles. The Morgan fingerprint density at radius 1 is 1.26 bits per heavy atom. The number of aryl methyl sites for hydroxylation is 1. The molecule has 0 aliphatic carbocycles. The van der Waals surface area contributed by atoms with E-state index in [9.17, 15) is 9.59 Å². The van der Waals surface area contributed by atoms with Gasteiger partial charge in [0.2, 0.25) is 11.8 Å². The summed E-state index contributed by atoms with van der Waals surface area (Å²) in [5, 5.41) is 2.74. The minimum Gasteiger partial charge on any atom is -0.383 e. The molecule has 6 nitrogen and oxygen atoms in total. The maximum atomic E-state index is 12.0. The lowest BCUT2D eigenvalue weighted by atomic mass is 10.1. The zero-order valence-corrected chi connectivity index (χ0v) is 13.6. The molecule has 1 aliphatic rings. The minimum atomic E-state index is -0.683. The van der Waals surface area contributed by atoms with Crippen molar-refractivity contribution in [3.8, 4) is 0 Å². The number of nitrogens with zero attached hydrogens (tertiary/aromatic N) is 1. The predicted molar refractivity (Wildman–Crippen MR) is 89.1 cm³/mol. The lowest BCUT2D eigenvalue weighted by Gasteiger charge is -2.15. The number of carbonyl (C=O) groups excluding carboxylic acids is 2. The fraction of sp³-hybridized carbons (Fsp3) is 0.529. The van der Waals surface area contributed by atoms with Crippen LogP contribution in [0.1, 0.15) is 24.8 Å². The Balaban J connectivity index is 1.79. The summed E-state index contributed by atoms with van der Waals surface area (Å²) in [5.74, 6) is -0.0470. The summed E-state index contributed by atoms with van der Waals surface area (Å²) in [6.07, 6.45) is 3.48. The maximum Gasteiger partial charge on any atom is 0.243 e. The minimum absolute atomic E-state index is 0.183. The zero-order chi connectivity index (χ0) is 16.7. The van der Waals surface area contributed by atoms with Gasteiger partial charge in [0.15, 0.2) is 0 Å². The van der Waals surface area contributed by atoms with Gasteiger partial charge in [-0.05, 0) is 37.0 Å². The molecule has 1 unspecified atom stereocenters. The second-order valence-electron chi connectivity index (χ2n) is 5.84. The van der Waals surface area contributed by atoms with Crippen molar-refractivity contribution < 1.29 is 14.3 Å². The van der Waals surface area contributed by atoms with Gasteiger partial charge >= 0.3 is 0 Å². The van der Waals surface area contributed by atoms with Crippen molar-refractivity contribution in [1.29, 1.82) is 0 Å². The van der Waals surface area contributed by atoms with Crippen molar-refractivity contribution in [3.05, 3.63) is 29.8 Å². The number of hydrogen-bond acceptors (Lipinski definition) is 4. The number of likely N-dealkylation sites (tertiary alicyclic amines) is 1. The van der Waals surface area contributed by atoms with E-state index in [1.54, 1.807) is 0 Å². The van der Waals surface area contributed by atoms with E-state index in [2.05, 4.69) is 5.32 Å². The van der Waals surface area contributed by atoms with E-state index < -0.39 is 6.04 Å². The smallest absolute Gasteiger partial charge is 0.243 e. The monoisotopic (exact) mass is 319 g/mol. The standard InChI is InChI=1S/C17H25N3O3/c1-23-12-15(18)17(22)19-14-7-4-13(5-8-14)6-9-16(21)20-10-2-3-11-20/h4-5,7-8,15H,2-3,6,9-12,18H2,1H3,(H,19,22). The highest BCUT2D eigenvalue weighted by atomic mass is 16.5. The Kier molecular flexibility index (Phi) is 6.55. The van der Waals surface area contributed by atoms with Gasteiger partial charge in [-0.15, -0.1) is 0 Å². The number of amides is 2. The van der Waals surface area contributed by atoms with Crippen molar-refractivity contribution in [2.75, 3.05) is 32.1 Å². The molecule has 2 rings (SSSR count). The Morgan fingerprint density at radius 2 is 1.91 bits per heavy atom. The van der Waals surface area contributed by atoms with Crippen LogP contribution in [-0.2, 0) is 20.7 Å². The number of nitrogens with two attached hydrogens (primary N) is 1. The van der Waals surface area contributed by atoms with Crippen LogP contribution in [0.5, 0.6) is 0 Å². The quantitative estimate of drug-likeness (QED) is 0.789. The zero-order valence-electron chi connectivity index (χ0n) is 13.6. The highest BCUT2D eigenvalue weighted by Gasteiger charge is 2.17. The molecule has 0 bridgehead atoms.